The fourth-order valence-electron chi connectivity index (χ4n) is 5.60. The summed E-state index contributed by atoms with van der Waals surface area (Å²) in [7, 11) is 2.95. The average molecular weight is 510 g/mol. The molecule has 3 aromatic rings. The number of ether oxygens (including phenoxy) is 5. The molecule has 1 aliphatic carbocycles. The molecule has 6 rings (SSSR count). The number of halogens is 1. The third kappa shape index (κ3) is 3.55. The Morgan fingerprint density at radius 2 is 1.67 bits per heavy atom. The van der Waals surface area contributed by atoms with Crippen LogP contribution in [0.2, 0.25) is 5.02 Å². The Hall–Kier alpha value is -3.78. The van der Waals surface area contributed by atoms with Gasteiger partial charge in [0.2, 0.25) is 12.5 Å². The first-order chi connectivity index (χ1) is 17.5. The molecule has 0 saturated carbocycles. The van der Waals surface area contributed by atoms with Crippen molar-refractivity contribution in [2.45, 2.75) is 12.0 Å². The molecule has 1 saturated heterocycles. The first kappa shape index (κ1) is 22.7. The van der Waals surface area contributed by atoms with Gasteiger partial charge in [0.05, 0.1) is 32.8 Å². The summed E-state index contributed by atoms with van der Waals surface area (Å²) in [6.07, 6.45) is 0. The summed E-state index contributed by atoms with van der Waals surface area (Å²) in [5.74, 6) is 0.331. The van der Waals surface area contributed by atoms with E-state index in [2.05, 4.69) is 5.32 Å². The Balaban J connectivity index is 1.55. The number of hydrogen-bond donors (Lipinski definition) is 2. The Labute approximate surface area is 212 Å². The van der Waals surface area contributed by atoms with Crippen molar-refractivity contribution in [3.63, 3.8) is 0 Å². The van der Waals surface area contributed by atoms with Gasteiger partial charge >= 0.3 is 5.97 Å². The van der Waals surface area contributed by atoms with E-state index < -0.39 is 11.8 Å². The summed E-state index contributed by atoms with van der Waals surface area (Å²) < 4.78 is 27.9. The molecule has 2 N–H and O–H groups in total. The first-order valence-corrected chi connectivity index (χ1v) is 11.9. The lowest BCUT2D eigenvalue weighted by Gasteiger charge is -2.40. The van der Waals surface area contributed by atoms with Gasteiger partial charge in [-0.1, -0.05) is 17.7 Å². The van der Waals surface area contributed by atoms with E-state index in [0.29, 0.717) is 16.5 Å². The Bertz CT molecular complexity index is 1330. The standard InChI is InChI=1S/C27H24ClNO7/c1-32-21-6-13(7-22(33-2)26(21)30)23-16-9-19-20(36-12-35-19)10-17(16)25(18-11-34-27(31)24(18)23)29-15-5-3-4-14(28)8-15/h3-10,18,23-25,29-30H,11-12H2,1-2H3/t18-,23+,24-,25+/m0/s1. The second-order valence-corrected chi connectivity index (χ2v) is 9.47. The van der Waals surface area contributed by atoms with Crippen LogP contribution in [0.5, 0.6) is 28.7 Å². The van der Waals surface area contributed by atoms with E-state index in [1.165, 1.54) is 14.2 Å². The molecule has 8 nitrogen and oxygen atoms in total. The molecule has 1 fully saturated rings. The Kier molecular flexibility index (Phi) is 5.48. The number of carbonyl (C=O) groups excluding carboxylic acids is 1. The number of fused-ring (bicyclic) bond motifs is 3. The van der Waals surface area contributed by atoms with Crippen LogP contribution >= 0.6 is 11.6 Å². The lowest BCUT2D eigenvalue weighted by molar-refractivity contribution is -0.141. The number of aromatic hydroxyl groups is 1. The molecular weight excluding hydrogens is 486 g/mol. The van der Waals surface area contributed by atoms with Crippen LogP contribution in [0.15, 0.2) is 48.5 Å². The maximum absolute atomic E-state index is 13.2. The van der Waals surface area contributed by atoms with Crippen molar-refractivity contribution < 1.29 is 33.6 Å². The molecule has 0 unspecified atom stereocenters. The zero-order chi connectivity index (χ0) is 25.0. The molecule has 2 aliphatic heterocycles. The van der Waals surface area contributed by atoms with E-state index >= 15 is 0 Å². The van der Waals surface area contributed by atoms with Crippen LogP contribution in [-0.4, -0.2) is 38.7 Å². The van der Waals surface area contributed by atoms with Gasteiger partial charge in [-0.15, -0.1) is 0 Å². The monoisotopic (exact) mass is 509 g/mol. The van der Waals surface area contributed by atoms with Gasteiger partial charge in [-0.3, -0.25) is 4.79 Å². The number of benzene rings is 3. The minimum Gasteiger partial charge on any atom is -0.502 e. The largest absolute Gasteiger partial charge is 0.502 e. The molecule has 0 amide bonds. The van der Waals surface area contributed by atoms with Crippen molar-refractivity contribution >= 4 is 23.3 Å². The van der Waals surface area contributed by atoms with Crippen LogP contribution in [-0.2, 0) is 9.53 Å². The van der Waals surface area contributed by atoms with Crippen LogP contribution in [0.4, 0.5) is 5.69 Å². The molecule has 0 bridgehead atoms. The fourth-order valence-corrected chi connectivity index (χ4v) is 5.79. The molecule has 9 heteroatoms. The highest BCUT2D eigenvalue weighted by Crippen LogP contribution is 2.56. The number of phenolic OH excluding ortho intramolecular Hbond substituents is 1. The third-order valence-electron chi connectivity index (χ3n) is 7.20. The number of anilines is 1. The maximum atomic E-state index is 13.2. The maximum Gasteiger partial charge on any atom is 0.310 e. The number of hydrogen-bond acceptors (Lipinski definition) is 8. The number of carbonyl (C=O) groups is 1. The van der Waals surface area contributed by atoms with Gasteiger partial charge in [0.25, 0.3) is 0 Å². The predicted octanol–water partition coefficient (Wildman–Crippen LogP) is 4.88. The number of phenols is 1. The van der Waals surface area contributed by atoms with E-state index in [4.69, 9.17) is 35.3 Å². The molecule has 3 aromatic carbocycles. The van der Waals surface area contributed by atoms with Gasteiger partial charge in [-0.25, -0.2) is 0 Å². The first-order valence-electron chi connectivity index (χ1n) is 11.6. The summed E-state index contributed by atoms with van der Waals surface area (Å²) in [6.45, 7) is 0.392. The minimum atomic E-state index is -0.492. The van der Waals surface area contributed by atoms with Gasteiger partial charge in [0.15, 0.2) is 23.0 Å². The van der Waals surface area contributed by atoms with Crippen LogP contribution in [0.3, 0.4) is 0 Å². The van der Waals surface area contributed by atoms with Gasteiger partial charge in [0.1, 0.15) is 0 Å². The number of rotatable bonds is 5. The van der Waals surface area contributed by atoms with Gasteiger partial charge < -0.3 is 34.1 Å². The molecule has 186 valence electrons. The van der Waals surface area contributed by atoms with Crippen LogP contribution in [0.1, 0.15) is 28.7 Å². The molecule has 0 radical (unpaired) electrons. The molecule has 4 atom stereocenters. The lowest BCUT2D eigenvalue weighted by atomic mass is 9.65. The zero-order valence-corrected chi connectivity index (χ0v) is 20.4. The number of esters is 1. The summed E-state index contributed by atoms with van der Waals surface area (Å²) in [5, 5.41) is 14.7. The molecule has 3 aliphatic rings. The SMILES string of the molecule is COc1cc([C@@H]2c3cc4c(cc3[C@@H](Nc3cccc(Cl)c3)[C@H]3COC(=O)[C@H]23)OCO4)cc(OC)c1O. The molecule has 0 spiro atoms. The van der Waals surface area contributed by atoms with Gasteiger partial charge in [-0.2, -0.15) is 0 Å². The van der Waals surface area contributed by atoms with Crippen molar-refractivity contribution in [2.75, 3.05) is 32.9 Å². The van der Waals surface area contributed by atoms with Crippen molar-refractivity contribution in [1.82, 2.24) is 0 Å². The lowest BCUT2D eigenvalue weighted by Crippen LogP contribution is -2.37. The van der Waals surface area contributed by atoms with E-state index in [1.54, 1.807) is 12.1 Å². The molecule has 36 heavy (non-hydrogen) atoms. The number of cyclic esters (lactones) is 1. The van der Waals surface area contributed by atoms with Gasteiger partial charge in [-0.05, 0) is 59.2 Å². The third-order valence-corrected chi connectivity index (χ3v) is 7.43. The highest BCUT2D eigenvalue weighted by Gasteiger charge is 2.52. The van der Waals surface area contributed by atoms with E-state index in [1.807, 2.05) is 36.4 Å². The summed E-state index contributed by atoms with van der Waals surface area (Å²) in [4.78, 5) is 13.2. The number of nitrogens with one attached hydrogen (secondary N) is 1. The Morgan fingerprint density at radius 1 is 0.972 bits per heavy atom. The van der Waals surface area contributed by atoms with Crippen LogP contribution in [0, 0.1) is 11.8 Å². The van der Waals surface area contributed by atoms with Crippen molar-refractivity contribution in [1.29, 1.82) is 0 Å². The van der Waals surface area contributed by atoms with Crippen LogP contribution < -0.4 is 24.3 Å². The molecular formula is C27H24ClNO7. The number of methoxy groups -OCH3 is 2. The zero-order valence-electron chi connectivity index (χ0n) is 19.6. The van der Waals surface area contributed by atoms with Crippen LogP contribution in [0.25, 0.3) is 0 Å². The van der Waals surface area contributed by atoms with Gasteiger partial charge in [0, 0.05) is 22.5 Å². The predicted molar refractivity (Wildman–Crippen MR) is 131 cm³/mol. The van der Waals surface area contributed by atoms with Crippen molar-refractivity contribution in [3.05, 3.63) is 70.2 Å². The average Bonchev–Trinajstić information content (AvgIpc) is 3.49. The second-order valence-electron chi connectivity index (χ2n) is 9.04. The molecule has 2 heterocycles. The Morgan fingerprint density at radius 3 is 2.33 bits per heavy atom. The molecule has 0 aromatic heterocycles. The topological polar surface area (TPSA) is 95.5 Å². The highest BCUT2D eigenvalue weighted by atomic mass is 35.5. The summed E-state index contributed by atoms with van der Waals surface area (Å²) in [6, 6.07) is 14.6. The second kappa shape index (κ2) is 8.71. The van der Waals surface area contributed by atoms with E-state index in [9.17, 15) is 9.90 Å². The van der Waals surface area contributed by atoms with E-state index in [-0.39, 0.29) is 48.6 Å². The highest BCUT2D eigenvalue weighted by molar-refractivity contribution is 6.30. The quantitative estimate of drug-likeness (QED) is 0.470. The fraction of sp³-hybridized carbons (Fsp3) is 0.296. The van der Waals surface area contributed by atoms with E-state index in [0.717, 1.165) is 22.4 Å². The normalized spacial score (nSPS) is 23.5. The van der Waals surface area contributed by atoms with Crippen molar-refractivity contribution in [3.8, 4) is 28.7 Å². The minimum absolute atomic E-state index is 0.100. The smallest absolute Gasteiger partial charge is 0.310 e. The summed E-state index contributed by atoms with van der Waals surface area (Å²) in [5.41, 5.74) is 3.46. The van der Waals surface area contributed by atoms with Crippen molar-refractivity contribution in [2.24, 2.45) is 11.8 Å². The summed E-state index contributed by atoms with van der Waals surface area (Å²) >= 11 is 6.25.